The van der Waals surface area contributed by atoms with Gasteiger partial charge in [-0.25, -0.2) is 17.6 Å². The summed E-state index contributed by atoms with van der Waals surface area (Å²) in [5, 5.41) is 0. The predicted octanol–water partition coefficient (Wildman–Crippen LogP) is 3.31. The third kappa shape index (κ3) is 3.86. The number of amides is 1. The molecule has 2 aliphatic heterocycles. The molecule has 8 heteroatoms. The van der Waals surface area contributed by atoms with Crippen molar-refractivity contribution >= 4 is 16.1 Å². The van der Waals surface area contributed by atoms with Crippen LogP contribution in [-0.2, 0) is 21.3 Å². The average Bonchev–Trinajstić information content (AvgIpc) is 2.99. The molecule has 2 heterocycles. The summed E-state index contributed by atoms with van der Waals surface area (Å²) in [7, 11) is -3.58. The highest BCUT2D eigenvalue weighted by atomic mass is 32.2. The van der Waals surface area contributed by atoms with E-state index in [1.807, 2.05) is 6.92 Å². The van der Waals surface area contributed by atoms with E-state index in [0.717, 1.165) is 5.56 Å². The summed E-state index contributed by atoms with van der Waals surface area (Å²) in [6.45, 7) is 2.92. The van der Waals surface area contributed by atoms with Crippen molar-refractivity contribution in [3.8, 4) is 0 Å². The second-order valence-corrected chi connectivity index (χ2v) is 9.65. The van der Waals surface area contributed by atoms with E-state index in [1.165, 1.54) is 15.3 Å². The quantitative estimate of drug-likeness (QED) is 0.764. The summed E-state index contributed by atoms with van der Waals surface area (Å²) in [4.78, 5) is 14.1. The lowest BCUT2D eigenvalue weighted by Crippen LogP contribution is -2.48. The van der Waals surface area contributed by atoms with Crippen LogP contribution in [-0.4, -0.2) is 49.0 Å². The molecule has 0 N–H and O–H groups in total. The molecule has 1 spiro atoms. The van der Waals surface area contributed by atoms with Crippen LogP contribution >= 0.6 is 0 Å². The SMILES string of the molecule is Cc1ccc(S(=O)(=O)N2CCC3(CC2)CN(Cc2ccccc2F)C(=O)O3)cc1. The lowest BCUT2D eigenvalue weighted by molar-refractivity contribution is 0.0172. The van der Waals surface area contributed by atoms with Crippen molar-refractivity contribution in [2.45, 2.75) is 36.8 Å². The first-order valence-corrected chi connectivity index (χ1v) is 11.0. The Morgan fingerprint density at radius 3 is 2.38 bits per heavy atom. The first-order chi connectivity index (χ1) is 13.8. The zero-order chi connectivity index (χ0) is 20.6. The van der Waals surface area contributed by atoms with Crippen molar-refractivity contribution in [2.75, 3.05) is 19.6 Å². The number of hydrogen-bond acceptors (Lipinski definition) is 4. The van der Waals surface area contributed by atoms with E-state index >= 15 is 0 Å². The number of ether oxygens (including phenoxy) is 1. The summed E-state index contributed by atoms with van der Waals surface area (Å²) in [6, 6.07) is 13.1. The van der Waals surface area contributed by atoms with E-state index in [4.69, 9.17) is 4.74 Å². The largest absolute Gasteiger partial charge is 0.441 e. The molecule has 0 unspecified atom stereocenters. The number of carbonyl (C=O) groups excluding carboxylic acids is 1. The van der Waals surface area contributed by atoms with Crippen LogP contribution in [0.3, 0.4) is 0 Å². The summed E-state index contributed by atoms with van der Waals surface area (Å²) in [5.41, 5.74) is 0.706. The Bertz CT molecular complexity index is 1020. The molecular weight excluding hydrogens is 395 g/mol. The number of hydrogen-bond donors (Lipinski definition) is 0. The first kappa shape index (κ1) is 19.8. The molecule has 29 heavy (non-hydrogen) atoms. The Labute approximate surface area is 169 Å². The van der Waals surface area contributed by atoms with E-state index < -0.39 is 21.7 Å². The summed E-state index contributed by atoms with van der Waals surface area (Å²) < 4.78 is 46.8. The highest BCUT2D eigenvalue weighted by molar-refractivity contribution is 7.89. The Kier molecular flexibility index (Phi) is 5.08. The van der Waals surface area contributed by atoms with E-state index in [9.17, 15) is 17.6 Å². The van der Waals surface area contributed by atoms with Gasteiger partial charge in [-0.1, -0.05) is 35.9 Å². The van der Waals surface area contributed by atoms with E-state index in [1.54, 1.807) is 42.5 Å². The van der Waals surface area contributed by atoms with Crippen molar-refractivity contribution in [2.24, 2.45) is 0 Å². The normalized spacial score (nSPS) is 19.5. The molecule has 2 saturated heterocycles. The third-order valence-electron chi connectivity index (χ3n) is 5.65. The van der Waals surface area contributed by atoms with Gasteiger partial charge in [-0.15, -0.1) is 0 Å². The molecule has 0 aliphatic carbocycles. The van der Waals surface area contributed by atoms with Crippen molar-refractivity contribution < 1.29 is 22.3 Å². The zero-order valence-electron chi connectivity index (χ0n) is 16.2. The maximum Gasteiger partial charge on any atom is 0.410 e. The van der Waals surface area contributed by atoms with Crippen LogP contribution in [0.25, 0.3) is 0 Å². The van der Waals surface area contributed by atoms with Crippen LogP contribution in [0.15, 0.2) is 53.4 Å². The molecule has 154 valence electrons. The molecule has 0 bridgehead atoms. The molecule has 2 aromatic rings. The monoisotopic (exact) mass is 418 g/mol. The Hall–Kier alpha value is -2.45. The fraction of sp³-hybridized carbons (Fsp3) is 0.381. The zero-order valence-corrected chi connectivity index (χ0v) is 17.0. The molecule has 2 fully saturated rings. The minimum atomic E-state index is -3.58. The van der Waals surface area contributed by atoms with Crippen molar-refractivity contribution in [3.05, 3.63) is 65.5 Å². The lowest BCUT2D eigenvalue weighted by atomic mass is 9.92. The molecular formula is C21H23FN2O4S. The van der Waals surface area contributed by atoms with Crippen LogP contribution in [0.5, 0.6) is 0 Å². The lowest BCUT2D eigenvalue weighted by Gasteiger charge is -2.36. The number of halogens is 1. The van der Waals surface area contributed by atoms with Crippen LogP contribution in [0.1, 0.15) is 24.0 Å². The van der Waals surface area contributed by atoms with Gasteiger partial charge in [0.25, 0.3) is 0 Å². The molecule has 6 nitrogen and oxygen atoms in total. The van der Waals surface area contributed by atoms with Gasteiger partial charge in [0.05, 0.1) is 18.0 Å². The topological polar surface area (TPSA) is 66.9 Å². The average molecular weight is 418 g/mol. The van der Waals surface area contributed by atoms with Crippen molar-refractivity contribution in [1.29, 1.82) is 0 Å². The molecule has 0 aromatic heterocycles. The number of nitrogens with zero attached hydrogens (tertiary/aromatic N) is 2. The molecule has 2 aromatic carbocycles. The second-order valence-electron chi connectivity index (χ2n) is 7.72. The van der Waals surface area contributed by atoms with E-state index in [2.05, 4.69) is 0 Å². The van der Waals surface area contributed by atoms with Crippen LogP contribution < -0.4 is 0 Å². The number of aryl methyl sites for hydroxylation is 1. The Morgan fingerprint density at radius 1 is 1.07 bits per heavy atom. The number of rotatable bonds is 4. The summed E-state index contributed by atoms with van der Waals surface area (Å²) >= 11 is 0. The third-order valence-corrected chi connectivity index (χ3v) is 7.57. The molecule has 0 radical (unpaired) electrons. The standard InChI is InChI=1S/C21H23FN2O4S/c1-16-6-8-18(9-7-16)29(26,27)24-12-10-21(11-13-24)15-23(20(25)28-21)14-17-4-2-3-5-19(17)22/h2-9H,10-15H2,1H3. The van der Waals surface area contributed by atoms with Crippen LogP contribution in [0, 0.1) is 12.7 Å². The Balaban J connectivity index is 1.43. The first-order valence-electron chi connectivity index (χ1n) is 9.57. The van der Waals surface area contributed by atoms with Gasteiger partial charge in [0.1, 0.15) is 11.4 Å². The molecule has 1 amide bonds. The number of piperidine rings is 1. The van der Waals surface area contributed by atoms with Gasteiger partial charge in [-0.2, -0.15) is 4.31 Å². The summed E-state index contributed by atoms with van der Waals surface area (Å²) in [5.74, 6) is -0.361. The summed E-state index contributed by atoms with van der Waals surface area (Å²) in [6.07, 6.45) is 0.345. The maximum atomic E-state index is 13.9. The second kappa shape index (κ2) is 7.42. The molecule has 4 rings (SSSR count). The molecule has 0 saturated carbocycles. The van der Waals surface area contributed by atoms with E-state index in [0.29, 0.717) is 24.9 Å². The van der Waals surface area contributed by atoms with Gasteiger partial charge in [0.15, 0.2) is 0 Å². The van der Waals surface area contributed by atoms with Crippen molar-refractivity contribution in [1.82, 2.24) is 9.21 Å². The van der Waals surface area contributed by atoms with Gasteiger partial charge >= 0.3 is 6.09 Å². The minimum Gasteiger partial charge on any atom is -0.441 e. The molecule has 0 atom stereocenters. The van der Waals surface area contributed by atoms with Gasteiger partial charge in [0.2, 0.25) is 10.0 Å². The van der Waals surface area contributed by atoms with Crippen molar-refractivity contribution in [3.63, 3.8) is 0 Å². The highest BCUT2D eigenvalue weighted by Crippen LogP contribution is 2.35. The van der Waals surface area contributed by atoms with Gasteiger partial charge in [0, 0.05) is 31.5 Å². The number of sulfonamides is 1. The number of benzene rings is 2. The smallest absolute Gasteiger partial charge is 0.410 e. The van der Waals surface area contributed by atoms with Gasteiger partial charge < -0.3 is 4.74 Å². The van der Waals surface area contributed by atoms with Crippen LogP contribution in [0.2, 0.25) is 0 Å². The predicted molar refractivity (Wildman–Crippen MR) is 105 cm³/mol. The van der Waals surface area contributed by atoms with E-state index in [-0.39, 0.29) is 30.3 Å². The van der Waals surface area contributed by atoms with Gasteiger partial charge in [-0.3, -0.25) is 4.90 Å². The highest BCUT2D eigenvalue weighted by Gasteiger charge is 2.48. The molecule has 2 aliphatic rings. The van der Waals surface area contributed by atoms with Crippen LogP contribution in [0.4, 0.5) is 9.18 Å². The fourth-order valence-corrected chi connectivity index (χ4v) is 5.34. The minimum absolute atomic E-state index is 0.138. The fourth-order valence-electron chi connectivity index (χ4n) is 3.90. The van der Waals surface area contributed by atoms with Gasteiger partial charge in [-0.05, 0) is 25.1 Å². The maximum absolute atomic E-state index is 13.9. The number of carbonyl (C=O) groups is 1. The Morgan fingerprint density at radius 2 is 1.72 bits per heavy atom.